The maximum Gasteiger partial charge on any atom is 0.221 e. The molecule has 0 atom stereocenters. The number of aliphatic hydroxyl groups is 1. The Bertz CT molecular complexity index is 1270. The van der Waals surface area contributed by atoms with E-state index in [-0.39, 0.29) is 24.0 Å². The van der Waals surface area contributed by atoms with Crippen LogP contribution in [-0.2, 0) is 4.79 Å². The van der Waals surface area contributed by atoms with Gasteiger partial charge in [0.05, 0.1) is 23.2 Å². The van der Waals surface area contributed by atoms with Crippen molar-refractivity contribution in [1.29, 1.82) is 5.41 Å². The van der Waals surface area contributed by atoms with Gasteiger partial charge >= 0.3 is 0 Å². The Morgan fingerprint density at radius 3 is 2.67 bits per heavy atom. The van der Waals surface area contributed by atoms with Gasteiger partial charge in [-0.15, -0.1) is 0 Å². The van der Waals surface area contributed by atoms with Crippen LogP contribution in [0, 0.1) is 5.41 Å². The molecule has 170 valence electrons. The summed E-state index contributed by atoms with van der Waals surface area (Å²) in [4.78, 5) is 25.7. The summed E-state index contributed by atoms with van der Waals surface area (Å²) in [7, 11) is 2.14. The van der Waals surface area contributed by atoms with E-state index in [0.29, 0.717) is 22.8 Å². The number of carbonyl (C=O) groups is 1. The Kier molecular flexibility index (Phi) is 5.26. The van der Waals surface area contributed by atoms with Gasteiger partial charge in [-0.1, -0.05) is 6.07 Å². The number of aliphatic hydroxyl groups excluding tert-OH is 1. The van der Waals surface area contributed by atoms with Crippen LogP contribution in [0.25, 0.3) is 16.6 Å². The third-order valence-electron chi connectivity index (χ3n) is 6.15. The van der Waals surface area contributed by atoms with Crippen LogP contribution in [-0.4, -0.2) is 71.5 Å². The highest BCUT2D eigenvalue weighted by atomic mass is 16.3. The third-order valence-corrected chi connectivity index (χ3v) is 6.15. The molecule has 1 fully saturated rings. The van der Waals surface area contributed by atoms with Crippen LogP contribution in [0.3, 0.4) is 0 Å². The van der Waals surface area contributed by atoms with E-state index in [2.05, 4.69) is 44.3 Å². The van der Waals surface area contributed by atoms with Crippen molar-refractivity contribution >= 4 is 45.4 Å². The van der Waals surface area contributed by atoms with Gasteiger partial charge in [0.25, 0.3) is 0 Å². The molecule has 1 aromatic heterocycles. The standard InChI is InChI=1S/C24H27N7O2/c1-15(32)26-16-4-3-5-18(12-16)31-14-21(33)22(23(31)25)24-27-19-7-6-17(13-20(19)28-24)30-10-8-29(2)9-11-30/h3-7,12-13,25,33H,8-11,14H2,1-2H3,(H,26,32)(H,27,28). The third kappa shape index (κ3) is 4.03. The lowest BCUT2D eigenvalue weighted by atomic mass is 10.2. The number of nitrogens with zero attached hydrogens (tertiary/aromatic N) is 4. The van der Waals surface area contributed by atoms with Gasteiger partial charge in [0, 0.05) is 50.2 Å². The van der Waals surface area contributed by atoms with Gasteiger partial charge < -0.3 is 30.1 Å². The molecule has 5 rings (SSSR count). The van der Waals surface area contributed by atoms with Gasteiger partial charge in [-0.25, -0.2) is 4.98 Å². The summed E-state index contributed by atoms with van der Waals surface area (Å²) in [6.45, 7) is 5.64. The second-order valence-corrected chi connectivity index (χ2v) is 8.57. The molecule has 1 saturated heterocycles. The van der Waals surface area contributed by atoms with Crippen LogP contribution in [0.1, 0.15) is 12.7 Å². The Labute approximate surface area is 191 Å². The molecule has 0 saturated carbocycles. The summed E-state index contributed by atoms with van der Waals surface area (Å²) in [6.07, 6.45) is 0. The van der Waals surface area contributed by atoms with E-state index in [0.717, 1.165) is 42.9 Å². The minimum absolute atomic E-state index is 0.0864. The number of aromatic amines is 1. The predicted molar refractivity (Wildman–Crippen MR) is 131 cm³/mol. The van der Waals surface area contributed by atoms with Crippen molar-refractivity contribution in [1.82, 2.24) is 14.9 Å². The number of aromatic nitrogens is 2. The molecule has 33 heavy (non-hydrogen) atoms. The van der Waals surface area contributed by atoms with E-state index < -0.39 is 0 Å². The first-order chi connectivity index (χ1) is 15.9. The molecule has 9 heteroatoms. The van der Waals surface area contributed by atoms with Gasteiger partial charge in [0.1, 0.15) is 17.4 Å². The molecule has 9 nitrogen and oxygen atoms in total. The number of hydrogen-bond acceptors (Lipinski definition) is 6. The number of benzene rings is 2. The Hall–Kier alpha value is -3.85. The number of imidazole rings is 1. The maximum absolute atomic E-state index is 11.4. The number of piperazine rings is 1. The number of anilines is 3. The molecule has 0 radical (unpaired) electrons. The summed E-state index contributed by atoms with van der Waals surface area (Å²) < 4.78 is 0. The van der Waals surface area contributed by atoms with Gasteiger partial charge in [0.2, 0.25) is 5.91 Å². The zero-order valence-corrected chi connectivity index (χ0v) is 18.7. The van der Waals surface area contributed by atoms with Gasteiger partial charge in [-0.2, -0.15) is 0 Å². The first-order valence-corrected chi connectivity index (χ1v) is 11.0. The molecule has 2 aliphatic heterocycles. The SMILES string of the molecule is CC(=O)Nc1cccc(N2CC(O)=C(c3nc4ccc(N5CCN(C)CC5)cc4[nH]3)C2=N)c1. The zero-order valence-electron chi connectivity index (χ0n) is 18.7. The molecule has 3 aromatic rings. The Morgan fingerprint density at radius 1 is 1.12 bits per heavy atom. The normalized spacial score (nSPS) is 17.3. The molecule has 0 unspecified atom stereocenters. The van der Waals surface area contributed by atoms with E-state index in [9.17, 15) is 9.90 Å². The van der Waals surface area contributed by atoms with Crippen molar-refractivity contribution in [3.05, 3.63) is 54.0 Å². The van der Waals surface area contributed by atoms with E-state index in [1.807, 2.05) is 18.2 Å². The first kappa shape index (κ1) is 21.0. The van der Waals surface area contributed by atoms with Gasteiger partial charge in [0.15, 0.2) is 0 Å². The van der Waals surface area contributed by atoms with E-state index in [4.69, 9.17) is 5.41 Å². The number of H-pyrrole nitrogens is 1. The summed E-state index contributed by atoms with van der Waals surface area (Å²) >= 11 is 0. The largest absolute Gasteiger partial charge is 0.509 e. The number of fused-ring (bicyclic) bond motifs is 1. The van der Waals surface area contributed by atoms with Crippen molar-refractivity contribution in [3.63, 3.8) is 0 Å². The molecule has 0 aliphatic carbocycles. The van der Waals surface area contributed by atoms with Crippen molar-refractivity contribution in [2.24, 2.45) is 0 Å². The second-order valence-electron chi connectivity index (χ2n) is 8.57. The Morgan fingerprint density at radius 2 is 1.91 bits per heavy atom. The Balaban J connectivity index is 1.41. The fourth-order valence-electron chi connectivity index (χ4n) is 4.38. The van der Waals surface area contributed by atoms with E-state index in [1.54, 1.807) is 17.0 Å². The lowest BCUT2D eigenvalue weighted by molar-refractivity contribution is -0.114. The van der Waals surface area contributed by atoms with Crippen LogP contribution >= 0.6 is 0 Å². The zero-order chi connectivity index (χ0) is 23.1. The number of amidine groups is 1. The number of likely N-dealkylation sites (N-methyl/N-ethyl adjacent to an activating group) is 1. The van der Waals surface area contributed by atoms with Gasteiger partial charge in [-0.05, 0) is 43.4 Å². The smallest absolute Gasteiger partial charge is 0.221 e. The summed E-state index contributed by atoms with van der Waals surface area (Å²) in [5.41, 5.74) is 4.55. The highest BCUT2D eigenvalue weighted by Crippen LogP contribution is 2.32. The quantitative estimate of drug-likeness (QED) is 0.491. The van der Waals surface area contributed by atoms with Gasteiger partial charge in [-0.3, -0.25) is 10.2 Å². The lowest BCUT2D eigenvalue weighted by Crippen LogP contribution is -2.44. The van der Waals surface area contributed by atoms with Crippen molar-refractivity contribution in [2.45, 2.75) is 6.92 Å². The van der Waals surface area contributed by atoms with Crippen LogP contribution in [0.2, 0.25) is 0 Å². The molecular formula is C24H27N7O2. The number of nitrogens with one attached hydrogen (secondary N) is 3. The maximum atomic E-state index is 11.4. The number of carbonyl (C=O) groups excluding carboxylic acids is 1. The topological polar surface area (TPSA) is 112 Å². The first-order valence-electron chi connectivity index (χ1n) is 11.0. The molecule has 0 spiro atoms. The molecule has 2 aliphatic rings. The van der Waals surface area contributed by atoms with Crippen LogP contribution in [0.15, 0.2) is 48.2 Å². The van der Waals surface area contributed by atoms with Crippen molar-refractivity contribution in [3.8, 4) is 0 Å². The summed E-state index contributed by atoms with van der Waals surface area (Å²) in [6, 6.07) is 13.4. The monoisotopic (exact) mass is 445 g/mol. The van der Waals surface area contributed by atoms with Crippen LogP contribution in [0.5, 0.6) is 0 Å². The van der Waals surface area contributed by atoms with E-state index in [1.165, 1.54) is 6.92 Å². The number of rotatable bonds is 4. The minimum Gasteiger partial charge on any atom is -0.509 e. The van der Waals surface area contributed by atoms with Crippen LogP contribution in [0.4, 0.5) is 17.1 Å². The summed E-state index contributed by atoms with van der Waals surface area (Å²) in [5.74, 6) is 0.557. The fraction of sp³-hybridized carbons (Fsp3) is 0.292. The average molecular weight is 446 g/mol. The molecule has 1 amide bonds. The lowest BCUT2D eigenvalue weighted by Gasteiger charge is -2.34. The number of amides is 1. The molecule has 4 N–H and O–H groups in total. The molecule has 3 heterocycles. The summed E-state index contributed by atoms with van der Waals surface area (Å²) in [5, 5.41) is 22.2. The predicted octanol–water partition coefficient (Wildman–Crippen LogP) is 3.04. The molecule has 2 aromatic carbocycles. The molecular weight excluding hydrogens is 418 g/mol. The highest BCUT2D eigenvalue weighted by molar-refractivity contribution is 6.30. The second kappa shape index (κ2) is 8.25. The number of hydrogen-bond donors (Lipinski definition) is 4. The van der Waals surface area contributed by atoms with Crippen molar-refractivity contribution in [2.75, 3.05) is 54.9 Å². The molecule has 0 bridgehead atoms. The van der Waals surface area contributed by atoms with E-state index >= 15 is 0 Å². The van der Waals surface area contributed by atoms with Crippen molar-refractivity contribution < 1.29 is 9.90 Å². The average Bonchev–Trinajstić information content (AvgIpc) is 3.33. The van der Waals surface area contributed by atoms with Crippen LogP contribution < -0.4 is 15.1 Å². The highest BCUT2D eigenvalue weighted by Gasteiger charge is 2.31. The fourth-order valence-corrected chi connectivity index (χ4v) is 4.38. The minimum atomic E-state index is -0.163.